The Morgan fingerprint density at radius 1 is 1.28 bits per heavy atom. The van der Waals surface area contributed by atoms with Crippen molar-refractivity contribution in [1.29, 1.82) is 0 Å². The van der Waals surface area contributed by atoms with Gasteiger partial charge < -0.3 is 19.7 Å². The van der Waals surface area contributed by atoms with Crippen LogP contribution in [0.5, 0.6) is 5.75 Å². The number of carbonyl (C=O) groups is 1. The van der Waals surface area contributed by atoms with Crippen molar-refractivity contribution in [1.82, 2.24) is 9.88 Å². The monoisotopic (exact) mass is 413 g/mol. The van der Waals surface area contributed by atoms with Gasteiger partial charge in [0.1, 0.15) is 23.4 Å². The second kappa shape index (κ2) is 8.59. The second-order valence-corrected chi connectivity index (χ2v) is 7.38. The molecule has 3 aromatic rings. The summed E-state index contributed by atoms with van der Waals surface area (Å²) >= 11 is 1.35. The molecular formula is C21H20FN3O3S. The number of aromatic nitrogens is 1. The van der Waals surface area contributed by atoms with Crippen molar-refractivity contribution in [2.24, 2.45) is 0 Å². The quantitative estimate of drug-likeness (QED) is 0.678. The third kappa shape index (κ3) is 4.38. The number of morpholine rings is 1. The molecule has 2 heterocycles. The van der Waals surface area contributed by atoms with E-state index in [0.29, 0.717) is 36.1 Å². The number of hydrogen-bond donors (Lipinski definition) is 1. The van der Waals surface area contributed by atoms with Gasteiger partial charge in [0.05, 0.1) is 20.3 Å². The first-order valence-electron chi connectivity index (χ1n) is 9.16. The topological polar surface area (TPSA) is 63.7 Å². The molecule has 1 N–H and O–H groups in total. The van der Waals surface area contributed by atoms with E-state index in [-0.39, 0.29) is 11.7 Å². The molecule has 6 nitrogen and oxygen atoms in total. The molecule has 1 amide bonds. The normalized spacial score (nSPS) is 16.5. The maximum atomic E-state index is 14.1. The van der Waals surface area contributed by atoms with Gasteiger partial charge >= 0.3 is 0 Å². The van der Waals surface area contributed by atoms with Gasteiger partial charge in [0.25, 0.3) is 5.91 Å². The standard InChI is InChI=1S/C21H20FN3O3S/c1-27-15-8-6-14(7-9-15)23-21-24-18(13-29-21)20(26)25-10-11-28-19(12-25)16-4-2-3-5-17(16)22/h2-9,13,19H,10-12H2,1H3,(H,23,24)/t19-/m0/s1. The van der Waals surface area contributed by atoms with E-state index in [1.54, 1.807) is 35.6 Å². The zero-order chi connectivity index (χ0) is 20.2. The number of rotatable bonds is 5. The molecule has 1 aliphatic rings. The average molecular weight is 413 g/mol. The number of anilines is 2. The SMILES string of the molecule is COc1ccc(Nc2nc(C(=O)N3CCO[C@H](c4ccccc4F)C3)cs2)cc1. The molecule has 8 heteroatoms. The Morgan fingerprint density at radius 3 is 2.83 bits per heavy atom. The van der Waals surface area contributed by atoms with Crippen molar-refractivity contribution in [3.63, 3.8) is 0 Å². The van der Waals surface area contributed by atoms with E-state index in [2.05, 4.69) is 10.3 Å². The van der Waals surface area contributed by atoms with Crippen LogP contribution >= 0.6 is 11.3 Å². The largest absolute Gasteiger partial charge is 0.497 e. The maximum Gasteiger partial charge on any atom is 0.273 e. The van der Waals surface area contributed by atoms with E-state index in [1.165, 1.54) is 17.4 Å². The number of nitrogens with zero attached hydrogens (tertiary/aromatic N) is 2. The number of ether oxygens (including phenoxy) is 2. The number of methoxy groups -OCH3 is 1. The van der Waals surface area contributed by atoms with Crippen molar-refractivity contribution in [3.8, 4) is 5.75 Å². The molecule has 0 unspecified atom stereocenters. The van der Waals surface area contributed by atoms with Crippen LogP contribution in [0.4, 0.5) is 15.2 Å². The van der Waals surface area contributed by atoms with Crippen molar-refractivity contribution < 1.29 is 18.7 Å². The molecule has 1 aliphatic heterocycles. The second-order valence-electron chi connectivity index (χ2n) is 6.52. The van der Waals surface area contributed by atoms with Crippen LogP contribution in [0, 0.1) is 5.82 Å². The van der Waals surface area contributed by atoms with E-state index in [9.17, 15) is 9.18 Å². The van der Waals surface area contributed by atoms with Crippen LogP contribution in [0.25, 0.3) is 0 Å². The molecule has 1 atom stereocenters. The summed E-state index contributed by atoms with van der Waals surface area (Å²) in [6, 6.07) is 13.9. The molecule has 4 rings (SSSR count). The Hall–Kier alpha value is -2.97. The molecular weight excluding hydrogens is 393 g/mol. The highest BCUT2D eigenvalue weighted by molar-refractivity contribution is 7.14. The number of nitrogens with one attached hydrogen (secondary N) is 1. The lowest BCUT2D eigenvalue weighted by Gasteiger charge is -2.32. The molecule has 0 radical (unpaired) electrons. The summed E-state index contributed by atoms with van der Waals surface area (Å²) in [4.78, 5) is 19.0. The summed E-state index contributed by atoms with van der Waals surface area (Å²) < 4.78 is 24.9. The summed E-state index contributed by atoms with van der Waals surface area (Å²) in [6.45, 7) is 1.09. The minimum Gasteiger partial charge on any atom is -0.497 e. The Balaban J connectivity index is 1.43. The Morgan fingerprint density at radius 2 is 2.07 bits per heavy atom. The van der Waals surface area contributed by atoms with Gasteiger partial charge in [-0.05, 0) is 30.3 Å². The predicted molar refractivity (Wildman–Crippen MR) is 109 cm³/mol. The number of hydrogen-bond acceptors (Lipinski definition) is 6. The van der Waals surface area contributed by atoms with Crippen molar-refractivity contribution in [2.75, 3.05) is 32.1 Å². The van der Waals surface area contributed by atoms with Gasteiger partial charge in [0.2, 0.25) is 0 Å². The molecule has 0 spiro atoms. The molecule has 0 saturated carbocycles. The minimum absolute atomic E-state index is 0.186. The fraction of sp³-hybridized carbons (Fsp3) is 0.238. The van der Waals surface area contributed by atoms with E-state index >= 15 is 0 Å². The predicted octanol–water partition coefficient (Wildman–Crippen LogP) is 4.25. The van der Waals surface area contributed by atoms with Crippen LogP contribution in [0.3, 0.4) is 0 Å². The number of amides is 1. The molecule has 2 aromatic carbocycles. The van der Waals surface area contributed by atoms with Gasteiger partial charge in [-0.2, -0.15) is 0 Å². The highest BCUT2D eigenvalue weighted by Crippen LogP contribution is 2.27. The van der Waals surface area contributed by atoms with Crippen LogP contribution in [0.2, 0.25) is 0 Å². The van der Waals surface area contributed by atoms with Crippen LogP contribution < -0.4 is 10.1 Å². The fourth-order valence-electron chi connectivity index (χ4n) is 3.15. The Kier molecular flexibility index (Phi) is 5.73. The Labute approximate surface area is 171 Å². The van der Waals surface area contributed by atoms with Crippen LogP contribution in [-0.2, 0) is 4.74 Å². The van der Waals surface area contributed by atoms with Crippen molar-refractivity contribution in [2.45, 2.75) is 6.10 Å². The first-order valence-corrected chi connectivity index (χ1v) is 10.0. The van der Waals surface area contributed by atoms with Gasteiger partial charge in [0, 0.05) is 23.2 Å². The summed E-state index contributed by atoms with van der Waals surface area (Å²) in [5.74, 6) is 0.252. The smallest absolute Gasteiger partial charge is 0.273 e. The molecule has 150 valence electrons. The first-order chi connectivity index (χ1) is 14.1. The number of halogens is 1. The van der Waals surface area contributed by atoms with Gasteiger partial charge in [-0.25, -0.2) is 9.37 Å². The highest BCUT2D eigenvalue weighted by Gasteiger charge is 2.28. The lowest BCUT2D eigenvalue weighted by molar-refractivity contribution is -0.0244. The minimum atomic E-state index is -0.482. The Bertz CT molecular complexity index is 993. The third-order valence-corrected chi connectivity index (χ3v) is 5.43. The molecule has 1 aromatic heterocycles. The number of carbonyl (C=O) groups excluding carboxylic acids is 1. The number of benzene rings is 2. The van der Waals surface area contributed by atoms with E-state index < -0.39 is 6.10 Å². The van der Waals surface area contributed by atoms with Gasteiger partial charge in [-0.3, -0.25) is 4.79 Å². The molecule has 29 heavy (non-hydrogen) atoms. The van der Waals surface area contributed by atoms with Crippen LogP contribution in [0.15, 0.2) is 53.9 Å². The maximum absolute atomic E-state index is 14.1. The van der Waals surface area contributed by atoms with Gasteiger partial charge in [0.15, 0.2) is 5.13 Å². The van der Waals surface area contributed by atoms with E-state index in [4.69, 9.17) is 9.47 Å². The van der Waals surface area contributed by atoms with E-state index in [0.717, 1.165) is 11.4 Å². The zero-order valence-corrected chi connectivity index (χ0v) is 16.6. The van der Waals surface area contributed by atoms with Crippen molar-refractivity contribution >= 4 is 28.1 Å². The van der Waals surface area contributed by atoms with Gasteiger partial charge in [-0.15, -0.1) is 11.3 Å². The fourth-order valence-corrected chi connectivity index (χ4v) is 3.85. The molecule has 0 bridgehead atoms. The summed E-state index contributed by atoms with van der Waals surface area (Å²) in [6.07, 6.45) is -0.482. The van der Waals surface area contributed by atoms with Gasteiger partial charge in [-0.1, -0.05) is 18.2 Å². The third-order valence-electron chi connectivity index (χ3n) is 4.67. The van der Waals surface area contributed by atoms with Crippen LogP contribution in [-0.4, -0.2) is 42.6 Å². The molecule has 1 saturated heterocycles. The molecule has 1 fully saturated rings. The lowest BCUT2D eigenvalue weighted by atomic mass is 10.1. The number of thiazole rings is 1. The lowest BCUT2D eigenvalue weighted by Crippen LogP contribution is -2.42. The summed E-state index contributed by atoms with van der Waals surface area (Å²) in [5.41, 5.74) is 1.68. The highest BCUT2D eigenvalue weighted by atomic mass is 32.1. The molecule has 0 aliphatic carbocycles. The summed E-state index contributed by atoms with van der Waals surface area (Å²) in [7, 11) is 1.61. The average Bonchev–Trinajstić information content (AvgIpc) is 3.22. The van der Waals surface area contributed by atoms with Crippen LogP contribution in [0.1, 0.15) is 22.2 Å². The van der Waals surface area contributed by atoms with Crippen molar-refractivity contribution in [3.05, 3.63) is 71.0 Å². The zero-order valence-electron chi connectivity index (χ0n) is 15.8. The first kappa shape index (κ1) is 19.4. The van der Waals surface area contributed by atoms with E-state index in [1.807, 2.05) is 24.3 Å². The summed E-state index contributed by atoms with van der Waals surface area (Å²) in [5, 5.41) is 5.53.